The molecule has 5 nitrogen and oxygen atoms in total. The molecule has 1 aromatic rings. The minimum Gasteiger partial charge on any atom is -0.379 e. The monoisotopic (exact) mass is 378 g/mol. The molecule has 144 valence electrons. The van der Waals surface area contributed by atoms with Gasteiger partial charge in [-0.05, 0) is 44.4 Å². The van der Waals surface area contributed by atoms with Crippen molar-refractivity contribution in [1.29, 1.82) is 0 Å². The van der Waals surface area contributed by atoms with E-state index in [1.807, 2.05) is 12.1 Å². The Morgan fingerprint density at radius 2 is 2.08 bits per heavy atom. The summed E-state index contributed by atoms with van der Waals surface area (Å²) in [6.07, 6.45) is 2.36. The van der Waals surface area contributed by atoms with Crippen LogP contribution in [0.1, 0.15) is 32.3 Å². The van der Waals surface area contributed by atoms with Gasteiger partial charge < -0.3 is 15.4 Å². The van der Waals surface area contributed by atoms with Crippen LogP contribution in [0.25, 0.3) is 0 Å². The Hall–Kier alpha value is -1.30. The van der Waals surface area contributed by atoms with E-state index in [1.54, 1.807) is 0 Å². The third-order valence-electron chi connectivity index (χ3n) is 5.41. The number of aliphatic imine (C=N–C) groups is 1. The topological polar surface area (TPSA) is 48.9 Å². The minimum absolute atomic E-state index is 0.170. The summed E-state index contributed by atoms with van der Waals surface area (Å²) in [5, 5.41) is 7.69. The van der Waals surface area contributed by atoms with Crippen LogP contribution in [0.2, 0.25) is 5.02 Å². The van der Waals surface area contributed by atoms with E-state index in [9.17, 15) is 0 Å². The second-order valence-corrected chi connectivity index (χ2v) is 7.80. The molecular weight excluding hydrogens is 348 g/mol. The van der Waals surface area contributed by atoms with Gasteiger partial charge in [-0.1, -0.05) is 23.7 Å². The molecular formula is C20H31ClN4O. The van der Waals surface area contributed by atoms with E-state index in [-0.39, 0.29) is 5.41 Å². The van der Waals surface area contributed by atoms with Crippen molar-refractivity contribution in [2.24, 2.45) is 4.99 Å². The second kappa shape index (κ2) is 9.07. The van der Waals surface area contributed by atoms with Crippen molar-refractivity contribution in [2.75, 3.05) is 45.9 Å². The third-order valence-corrected chi connectivity index (χ3v) is 5.64. The maximum atomic E-state index is 6.18. The zero-order valence-electron chi connectivity index (χ0n) is 15.9. The SMILES string of the molecule is CCNC(=NCC1(c2cccc(Cl)c2)CC1)NCC(C)N1CCOCC1. The van der Waals surface area contributed by atoms with Crippen molar-refractivity contribution < 1.29 is 4.74 Å². The molecule has 1 aliphatic carbocycles. The lowest BCUT2D eigenvalue weighted by atomic mass is 9.96. The first-order valence-corrected chi connectivity index (χ1v) is 10.1. The van der Waals surface area contributed by atoms with Crippen molar-refractivity contribution in [2.45, 2.75) is 38.1 Å². The fourth-order valence-electron chi connectivity index (χ4n) is 3.47. The van der Waals surface area contributed by atoms with E-state index in [0.717, 1.165) is 56.9 Å². The van der Waals surface area contributed by atoms with E-state index in [0.29, 0.717) is 6.04 Å². The van der Waals surface area contributed by atoms with E-state index in [1.165, 1.54) is 18.4 Å². The molecule has 1 saturated carbocycles. The number of benzene rings is 1. The highest BCUT2D eigenvalue weighted by molar-refractivity contribution is 6.30. The van der Waals surface area contributed by atoms with Crippen molar-refractivity contribution in [3.05, 3.63) is 34.9 Å². The first-order valence-electron chi connectivity index (χ1n) is 9.73. The lowest BCUT2D eigenvalue weighted by Crippen LogP contribution is -2.49. The number of nitrogens with one attached hydrogen (secondary N) is 2. The van der Waals surface area contributed by atoms with E-state index >= 15 is 0 Å². The lowest BCUT2D eigenvalue weighted by Gasteiger charge is -2.32. The number of hydrogen-bond donors (Lipinski definition) is 2. The minimum atomic E-state index is 0.170. The molecule has 0 amide bonds. The number of nitrogens with zero attached hydrogens (tertiary/aromatic N) is 2. The molecule has 26 heavy (non-hydrogen) atoms. The molecule has 1 unspecified atom stereocenters. The highest BCUT2D eigenvalue weighted by atomic mass is 35.5. The Morgan fingerprint density at radius 1 is 1.31 bits per heavy atom. The van der Waals surface area contributed by atoms with Gasteiger partial charge in [-0.3, -0.25) is 9.89 Å². The Labute approximate surface area is 162 Å². The van der Waals surface area contributed by atoms with Crippen LogP contribution in [-0.4, -0.2) is 62.8 Å². The Kier molecular flexibility index (Phi) is 6.79. The standard InChI is InChI=1S/C20H31ClN4O/c1-3-22-19(23-14-16(2)25-9-11-26-12-10-25)24-15-20(7-8-20)17-5-4-6-18(21)13-17/h4-6,13,16H,3,7-12,14-15H2,1-2H3,(H2,22,23,24). The van der Waals surface area contributed by atoms with Crippen molar-refractivity contribution in [1.82, 2.24) is 15.5 Å². The van der Waals surface area contributed by atoms with Gasteiger partial charge in [-0.15, -0.1) is 0 Å². The summed E-state index contributed by atoms with van der Waals surface area (Å²) >= 11 is 6.18. The molecule has 3 rings (SSSR count). The zero-order chi connectivity index (χ0) is 18.4. The van der Waals surface area contributed by atoms with Crippen LogP contribution in [0.5, 0.6) is 0 Å². The molecule has 1 saturated heterocycles. The van der Waals surface area contributed by atoms with Crippen LogP contribution < -0.4 is 10.6 Å². The first kappa shape index (κ1) is 19.5. The van der Waals surface area contributed by atoms with E-state index in [4.69, 9.17) is 21.3 Å². The highest BCUT2D eigenvalue weighted by Gasteiger charge is 2.44. The summed E-state index contributed by atoms with van der Waals surface area (Å²) in [4.78, 5) is 7.35. The fourth-order valence-corrected chi connectivity index (χ4v) is 3.66. The summed E-state index contributed by atoms with van der Waals surface area (Å²) < 4.78 is 5.44. The predicted molar refractivity (Wildman–Crippen MR) is 108 cm³/mol. The second-order valence-electron chi connectivity index (χ2n) is 7.36. The average Bonchev–Trinajstić information content (AvgIpc) is 3.46. The van der Waals surface area contributed by atoms with Gasteiger partial charge in [-0.25, -0.2) is 0 Å². The number of hydrogen-bond acceptors (Lipinski definition) is 3. The van der Waals surface area contributed by atoms with Gasteiger partial charge in [0.2, 0.25) is 0 Å². The van der Waals surface area contributed by atoms with Crippen molar-refractivity contribution >= 4 is 17.6 Å². The molecule has 1 aliphatic heterocycles. The Balaban J connectivity index is 1.57. The molecule has 0 spiro atoms. The lowest BCUT2D eigenvalue weighted by molar-refractivity contribution is 0.0211. The summed E-state index contributed by atoms with van der Waals surface area (Å²) in [5.41, 5.74) is 1.48. The molecule has 6 heteroatoms. The number of rotatable bonds is 7. The van der Waals surface area contributed by atoms with Crippen molar-refractivity contribution in [3.63, 3.8) is 0 Å². The smallest absolute Gasteiger partial charge is 0.191 e. The van der Waals surface area contributed by atoms with E-state index < -0.39 is 0 Å². The maximum absolute atomic E-state index is 6.18. The van der Waals surface area contributed by atoms with E-state index in [2.05, 4.69) is 41.5 Å². The van der Waals surface area contributed by atoms with Crippen LogP contribution in [0.15, 0.2) is 29.3 Å². The molecule has 1 heterocycles. The van der Waals surface area contributed by atoms with Crippen molar-refractivity contribution in [3.8, 4) is 0 Å². The number of halogens is 1. The van der Waals surface area contributed by atoms with Gasteiger partial charge in [0.05, 0.1) is 19.8 Å². The number of guanidine groups is 1. The average molecular weight is 379 g/mol. The number of morpholine rings is 1. The van der Waals surface area contributed by atoms with Crippen LogP contribution in [0, 0.1) is 0 Å². The quantitative estimate of drug-likeness (QED) is 0.565. The van der Waals surface area contributed by atoms with Gasteiger partial charge in [-0.2, -0.15) is 0 Å². The summed E-state index contributed by atoms with van der Waals surface area (Å²) in [6, 6.07) is 8.70. The van der Waals surface area contributed by atoms with Crippen LogP contribution >= 0.6 is 11.6 Å². The van der Waals surface area contributed by atoms with Crippen LogP contribution in [0.4, 0.5) is 0 Å². The van der Waals surface area contributed by atoms with Gasteiger partial charge in [0.1, 0.15) is 0 Å². The maximum Gasteiger partial charge on any atom is 0.191 e. The highest BCUT2D eigenvalue weighted by Crippen LogP contribution is 2.48. The largest absolute Gasteiger partial charge is 0.379 e. The summed E-state index contributed by atoms with van der Waals surface area (Å²) in [5.74, 6) is 0.904. The normalized spacial score (nSPS) is 21.3. The number of ether oxygens (including phenoxy) is 1. The van der Waals surface area contributed by atoms with Gasteiger partial charge in [0.15, 0.2) is 5.96 Å². The molecule has 0 aromatic heterocycles. The molecule has 2 N–H and O–H groups in total. The first-order chi connectivity index (χ1) is 12.6. The Morgan fingerprint density at radius 3 is 2.73 bits per heavy atom. The predicted octanol–water partition coefficient (Wildman–Crippen LogP) is 2.65. The molecule has 2 aliphatic rings. The summed E-state index contributed by atoms with van der Waals surface area (Å²) in [6.45, 7) is 10.6. The summed E-state index contributed by atoms with van der Waals surface area (Å²) in [7, 11) is 0. The molecule has 0 bridgehead atoms. The molecule has 0 radical (unpaired) electrons. The molecule has 1 aromatic carbocycles. The van der Waals surface area contributed by atoms with Gasteiger partial charge in [0, 0.05) is 42.7 Å². The van der Waals surface area contributed by atoms with Crippen LogP contribution in [0.3, 0.4) is 0 Å². The zero-order valence-corrected chi connectivity index (χ0v) is 16.7. The van der Waals surface area contributed by atoms with Gasteiger partial charge >= 0.3 is 0 Å². The molecule has 1 atom stereocenters. The Bertz CT molecular complexity index is 612. The molecule has 2 fully saturated rings. The van der Waals surface area contributed by atoms with Crippen LogP contribution in [-0.2, 0) is 10.2 Å². The third kappa shape index (κ3) is 5.12. The van der Waals surface area contributed by atoms with Gasteiger partial charge in [0.25, 0.3) is 0 Å². The fraction of sp³-hybridized carbons (Fsp3) is 0.650.